The van der Waals surface area contributed by atoms with Crippen LogP contribution >= 0.6 is 11.6 Å². The van der Waals surface area contributed by atoms with E-state index in [1.54, 1.807) is 7.11 Å². The maximum absolute atomic E-state index is 12.9. The van der Waals surface area contributed by atoms with Crippen molar-refractivity contribution in [3.8, 4) is 5.75 Å². The maximum atomic E-state index is 12.9. The molecule has 0 saturated carbocycles. The Morgan fingerprint density at radius 3 is 2.23 bits per heavy atom. The van der Waals surface area contributed by atoms with Crippen LogP contribution in [-0.4, -0.2) is 54.9 Å². The number of rotatable bonds is 7. The Kier molecular flexibility index (Phi) is 7.71. The molecule has 0 radical (unpaired) electrons. The van der Waals surface area contributed by atoms with Crippen LogP contribution in [0.15, 0.2) is 48.5 Å². The van der Waals surface area contributed by atoms with Crippen LogP contribution in [-0.2, 0) is 16.1 Å². The number of carbonyl (C=O) groups is 2. The summed E-state index contributed by atoms with van der Waals surface area (Å²) >= 11 is 5.95. The third kappa shape index (κ3) is 6.21. The fourth-order valence-electron chi connectivity index (χ4n) is 3.64. The monoisotopic (exact) mass is 429 g/mol. The lowest BCUT2D eigenvalue weighted by atomic mass is 10.0. The van der Waals surface area contributed by atoms with Crippen molar-refractivity contribution in [3.63, 3.8) is 0 Å². The van der Waals surface area contributed by atoms with Crippen LogP contribution in [0.2, 0.25) is 5.02 Å². The van der Waals surface area contributed by atoms with E-state index in [2.05, 4.69) is 10.2 Å². The van der Waals surface area contributed by atoms with Gasteiger partial charge >= 0.3 is 0 Å². The van der Waals surface area contributed by atoms with Crippen molar-refractivity contribution in [3.05, 3.63) is 64.7 Å². The van der Waals surface area contributed by atoms with E-state index in [4.69, 9.17) is 16.3 Å². The number of benzene rings is 2. The van der Waals surface area contributed by atoms with E-state index in [-0.39, 0.29) is 24.3 Å². The Balaban J connectivity index is 1.55. The van der Waals surface area contributed by atoms with Gasteiger partial charge in [-0.25, -0.2) is 0 Å². The van der Waals surface area contributed by atoms with Gasteiger partial charge in [0, 0.05) is 44.7 Å². The smallest absolute Gasteiger partial charge is 0.225 e. The molecule has 0 aliphatic carbocycles. The molecule has 30 heavy (non-hydrogen) atoms. The minimum atomic E-state index is -0.354. The van der Waals surface area contributed by atoms with Gasteiger partial charge in [0.2, 0.25) is 11.8 Å². The van der Waals surface area contributed by atoms with Gasteiger partial charge in [-0.2, -0.15) is 0 Å². The molecular formula is C23H28ClN3O3. The molecule has 1 unspecified atom stereocenters. The molecule has 1 fully saturated rings. The highest BCUT2D eigenvalue weighted by atomic mass is 35.5. The Morgan fingerprint density at radius 2 is 1.67 bits per heavy atom. The molecule has 7 heteroatoms. The first-order valence-electron chi connectivity index (χ1n) is 10.1. The van der Waals surface area contributed by atoms with Crippen molar-refractivity contribution < 1.29 is 14.3 Å². The lowest BCUT2D eigenvalue weighted by molar-refractivity contribution is -0.133. The fraction of sp³-hybridized carbons (Fsp3) is 0.391. The second kappa shape index (κ2) is 10.5. The van der Waals surface area contributed by atoms with Gasteiger partial charge in [-0.1, -0.05) is 35.9 Å². The number of halogens is 1. The van der Waals surface area contributed by atoms with Gasteiger partial charge < -0.3 is 15.0 Å². The van der Waals surface area contributed by atoms with E-state index in [0.29, 0.717) is 13.1 Å². The average Bonchev–Trinajstić information content (AvgIpc) is 2.75. The predicted octanol–water partition coefficient (Wildman–Crippen LogP) is 3.26. The van der Waals surface area contributed by atoms with Crippen LogP contribution in [0.1, 0.15) is 30.5 Å². The summed E-state index contributed by atoms with van der Waals surface area (Å²) in [7, 11) is 1.61. The first kappa shape index (κ1) is 22.1. The second-order valence-corrected chi connectivity index (χ2v) is 7.95. The number of methoxy groups -OCH3 is 1. The summed E-state index contributed by atoms with van der Waals surface area (Å²) in [5, 5.41) is 3.64. The summed E-state index contributed by atoms with van der Waals surface area (Å²) in [6, 6.07) is 15.0. The molecule has 1 atom stereocenters. The Hall–Kier alpha value is -2.57. The van der Waals surface area contributed by atoms with Gasteiger partial charge in [0.1, 0.15) is 5.75 Å². The van der Waals surface area contributed by atoms with Crippen molar-refractivity contribution in [1.29, 1.82) is 0 Å². The van der Waals surface area contributed by atoms with Gasteiger partial charge in [0.25, 0.3) is 0 Å². The van der Waals surface area contributed by atoms with E-state index in [1.807, 2.05) is 53.4 Å². The normalized spacial score (nSPS) is 15.5. The molecule has 1 aliphatic rings. The van der Waals surface area contributed by atoms with Gasteiger partial charge in [0.05, 0.1) is 19.6 Å². The number of nitrogens with zero attached hydrogens (tertiary/aromatic N) is 2. The highest BCUT2D eigenvalue weighted by molar-refractivity contribution is 6.30. The molecule has 3 rings (SSSR count). The minimum absolute atomic E-state index is 0.0516. The number of hydrogen-bond acceptors (Lipinski definition) is 4. The molecule has 1 N–H and O–H groups in total. The van der Waals surface area contributed by atoms with Crippen LogP contribution in [0.5, 0.6) is 5.75 Å². The zero-order valence-corrected chi connectivity index (χ0v) is 18.2. The molecule has 6 nitrogen and oxygen atoms in total. The lowest BCUT2D eigenvalue weighted by Crippen LogP contribution is -2.49. The molecule has 0 aromatic heterocycles. The van der Waals surface area contributed by atoms with E-state index < -0.39 is 0 Å². The molecule has 160 valence electrons. The number of ether oxygens (including phenoxy) is 1. The highest BCUT2D eigenvalue weighted by Gasteiger charge is 2.25. The molecule has 1 aliphatic heterocycles. The van der Waals surface area contributed by atoms with Crippen molar-refractivity contribution in [2.24, 2.45) is 0 Å². The summed E-state index contributed by atoms with van der Waals surface area (Å²) in [6.45, 7) is 5.32. The molecule has 0 spiro atoms. The van der Waals surface area contributed by atoms with Gasteiger partial charge in [0.15, 0.2) is 0 Å². The summed E-state index contributed by atoms with van der Waals surface area (Å²) in [4.78, 5) is 28.8. The van der Waals surface area contributed by atoms with Crippen molar-refractivity contribution in [2.45, 2.75) is 25.9 Å². The van der Waals surface area contributed by atoms with Crippen molar-refractivity contribution >= 4 is 23.4 Å². The molecule has 2 amide bonds. The van der Waals surface area contributed by atoms with Crippen LogP contribution < -0.4 is 10.1 Å². The fourth-order valence-corrected chi connectivity index (χ4v) is 3.77. The Morgan fingerprint density at radius 1 is 1.03 bits per heavy atom. The molecule has 0 bridgehead atoms. The summed E-state index contributed by atoms with van der Waals surface area (Å²) in [5.41, 5.74) is 2.10. The number of nitrogens with one attached hydrogen (secondary N) is 1. The van der Waals surface area contributed by atoms with Gasteiger partial charge in [-0.05, 0) is 35.4 Å². The zero-order valence-electron chi connectivity index (χ0n) is 17.4. The van der Waals surface area contributed by atoms with E-state index >= 15 is 0 Å². The van der Waals surface area contributed by atoms with E-state index in [9.17, 15) is 9.59 Å². The second-order valence-electron chi connectivity index (χ2n) is 7.51. The average molecular weight is 430 g/mol. The summed E-state index contributed by atoms with van der Waals surface area (Å²) < 4.78 is 5.19. The van der Waals surface area contributed by atoms with Crippen molar-refractivity contribution in [1.82, 2.24) is 15.1 Å². The van der Waals surface area contributed by atoms with E-state index in [0.717, 1.165) is 36.0 Å². The number of piperazine rings is 1. The van der Waals surface area contributed by atoms with Crippen LogP contribution in [0.4, 0.5) is 0 Å². The zero-order chi connectivity index (χ0) is 21.5. The third-order valence-electron chi connectivity index (χ3n) is 5.32. The first-order valence-corrected chi connectivity index (χ1v) is 10.5. The number of carbonyl (C=O) groups excluding carboxylic acids is 2. The maximum Gasteiger partial charge on any atom is 0.225 e. The quantitative estimate of drug-likeness (QED) is 0.733. The third-order valence-corrected chi connectivity index (χ3v) is 5.57. The van der Waals surface area contributed by atoms with Crippen LogP contribution in [0.3, 0.4) is 0 Å². The molecule has 1 heterocycles. The van der Waals surface area contributed by atoms with Crippen LogP contribution in [0.25, 0.3) is 0 Å². The topological polar surface area (TPSA) is 61.9 Å². The molecule has 1 saturated heterocycles. The Labute approximate surface area is 182 Å². The SMILES string of the molecule is COc1ccc(C(CC(=O)N2CCN(Cc3ccc(Cl)cc3)CC2)NC(C)=O)cc1. The summed E-state index contributed by atoms with van der Waals surface area (Å²) in [6.07, 6.45) is 0.239. The standard InChI is InChI=1S/C23H28ClN3O3/c1-17(28)25-22(19-5-9-21(30-2)10-6-19)15-23(29)27-13-11-26(12-14-27)16-18-3-7-20(24)8-4-18/h3-10,22H,11-16H2,1-2H3,(H,25,28). The summed E-state index contributed by atoms with van der Waals surface area (Å²) in [5.74, 6) is 0.635. The largest absolute Gasteiger partial charge is 0.497 e. The highest BCUT2D eigenvalue weighted by Crippen LogP contribution is 2.22. The van der Waals surface area contributed by atoms with Gasteiger partial charge in [-0.3, -0.25) is 14.5 Å². The van der Waals surface area contributed by atoms with Crippen LogP contribution in [0, 0.1) is 0 Å². The van der Waals surface area contributed by atoms with E-state index in [1.165, 1.54) is 12.5 Å². The molecule has 2 aromatic carbocycles. The van der Waals surface area contributed by atoms with Gasteiger partial charge in [-0.15, -0.1) is 0 Å². The minimum Gasteiger partial charge on any atom is -0.497 e. The molecule has 2 aromatic rings. The number of amides is 2. The van der Waals surface area contributed by atoms with Crippen molar-refractivity contribution in [2.75, 3.05) is 33.3 Å². The first-order chi connectivity index (χ1) is 14.4. The number of hydrogen-bond donors (Lipinski definition) is 1. The predicted molar refractivity (Wildman–Crippen MR) is 117 cm³/mol. The molecular weight excluding hydrogens is 402 g/mol. The lowest BCUT2D eigenvalue weighted by Gasteiger charge is -2.35. The Bertz CT molecular complexity index is 847.